The van der Waals surface area contributed by atoms with Crippen LogP contribution in [-0.2, 0) is 5.54 Å². The van der Waals surface area contributed by atoms with E-state index in [-0.39, 0.29) is 5.91 Å². The van der Waals surface area contributed by atoms with Crippen LogP contribution in [0, 0.1) is 0 Å². The van der Waals surface area contributed by atoms with Gasteiger partial charge in [0, 0.05) is 72.6 Å². The molecular weight excluding hydrogens is 586 g/mol. The van der Waals surface area contributed by atoms with E-state index in [0.717, 1.165) is 117 Å². The maximum atomic E-state index is 13.2. The van der Waals surface area contributed by atoms with E-state index in [0.29, 0.717) is 18.9 Å². The Morgan fingerprint density at radius 1 is 0.660 bits per heavy atom. The fourth-order valence-corrected chi connectivity index (χ4v) is 6.46. The van der Waals surface area contributed by atoms with Gasteiger partial charge in [0.15, 0.2) is 0 Å². The van der Waals surface area contributed by atoms with Gasteiger partial charge in [-0.25, -0.2) is 5.43 Å². The van der Waals surface area contributed by atoms with Crippen LogP contribution in [0.5, 0.6) is 11.5 Å². The Morgan fingerprint density at radius 2 is 1.13 bits per heavy atom. The van der Waals surface area contributed by atoms with Crippen molar-refractivity contribution in [2.24, 2.45) is 0 Å². The molecule has 1 amide bonds. The number of nitrogens with one attached hydrogen (secondary N) is 2. The van der Waals surface area contributed by atoms with Crippen LogP contribution in [0.25, 0.3) is 0 Å². The lowest BCUT2D eigenvalue weighted by Crippen LogP contribution is -2.58. The Labute approximate surface area is 283 Å². The number of carbonyl (C=O) groups excluding carboxylic acids is 1. The van der Waals surface area contributed by atoms with Crippen LogP contribution < -0.4 is 30.1 Å². The summed E-state index contributed by atoms with van der Waals surface area (Å²) in [6.45, 7) is 18.0. The first-order valence-electron chi connectivity index (χ1n) is 18.1. The minimum absolute atomic E-state index is 0.268. The average Bonchev–Trinajstić information content (AvgIpc) is 3.09. The number of rotatable bonds is 20. The number of nitrogens with zero attached hydrogens (tertiary/aromatic N) is 3. The SMILES string of the molecule is CCCCN(CCCC)c1ccc(C2(c3ccc(N(CCCC)CCCC)cc3OCC)NNC(=O)c3ncccc32)c(OCC)c1. The summed E-state index contributed by atoms with van der Waals surface area (Å²) in [6, 6.07) is 16.9. The van der Waals surface area contributed by atoms with E-state index >= 15 is 0 Å². The zero-order valence-corrected chi connectivity index (χ0v) is 29.7. The molecule has 2 heterocycles. The molecule has 0 bridgehead atoms. The summed E-state index contributed by atoms with van der Waals surface area (Å²) < 4.78 is 13.0. The summed E-state index contributed by atoms with van der Waals surface area (Å²) in [5, 5.41) is 0. The second kappa shape index (κ2) is 17.9. The third kappa shape index (κ3) is 8.21. The third-order valence-electron chi connectivity index (χ3n) is 8.99. The number of hydrazine groups is 1. The molecule has 0 saturated heterocycles. The molecule has 8 nitrogen and oxygen atoms in total. The molecule has 1 aliphatic rings. The van der Waals surface area contributed by atoms with Gasteiger partial charge in [-0.2, -0.15) is 0 Å². The van der Waals surface area contributed by atoms with Gasteiger partial charge in [0.05, 0.1) is 13.2 Å². The number of fused-ring (bicyclic) bond motifs is 1. The maximum Gasteiger partial charge on any atom is 0.284 e. The van der Waals surface area contributed by atoms with E-state index in [1.807, 2.05) is 26.0 Å². The van der Waals surface area contributed by atoms with Crippen LogP contribution in [0.15, 0.2) is 54.7 Å². The Hall–Kier alpha value is -3.78. The number of hydrogen-bond donors (Lipinski definition) is 2. The minimum Gasteiger partial charge on any atom is -0.493 e. The van der Waals surface area contributed by atoms with E-state index in [2.05, 4.69) is 89.7 Å². The second-order valence-electron chi connectivity index (χ2n) is 12.3. The number of benzene rings is 2. The molecule has 0 aliphatic carbocycles. The highest BCUT2D eigenvalue weighted by atomic mass is 16.5. The van der Waals surface area contributed by atoms with Crippen molar-refractivity contribution in [3.05, 3.63) is 77.1 Å². The quantitative estimate of drug-likeness (QED) is 0.128. The molecule has 47 heavy (non-hydrogen) atoms. The number of ether oxygens (including phenoxy) is 2. The first-order chi connectivity index (χ1) is 23.0. The van der Waals surface area contributed by atoms with Crippen molar-refractivity contribution in [3.63, 3.8) is 0 Å². The topological polar surface area (TPSA) is 79.0 Å². The molecule has 0 unspecified atom stereocenters. The van der Waals surface area contributed by atoms with E-state index in [9.17, 15) is 4.79 Å². The molecule has 0 saturated carbocycles. The van der Waals surface area contributed by atoms with Gasteiger partial charge in [0.1, 0.15) is 22.7 Å². The highest BCUT2D eigenvalue weighted by Gasteiger charge is 2.47. The summed E-state index contributed by atoms with van der Waals surface area (Å²) in [5.74, 6) is 1.26. The van der Waals surface area contributed by atoms with Crippen LogP contribution >= 0.6 is 0 Å². The summed E-state index contributed by atoms with van der Waals surface area (Å²) in [7, 11) is 0. The number of aromatic nitrogens is 1. The van der Waals surface area contributed by atoms with Crippen molar-refractivity contribution in [1.29, 1.82) is 0 Å². The highest BCUT2D eigenvalue weighted by molar-refractivity contribution is 5.96. The number of anilines is 2. The average molecular weight is 644 g/mol. The van der Waals surface area contributed by atoms with Crippen LogP contribution in [0.2, 0.25) is 0 Å². The van der Waals surface area contributed by atoms with E-state index in [4.69, 9.17) is 9.47 Å². The fourth-order valence-electron chi connectivity index (χ4n) is 6.46. The molecule has 256 valence electrons. The van der Waals surface area contributed by atoms with E-state index in [1.54, 1.807) is 6.20 Å². The predicted molar refractivity (Wildman–Crippen MR) is 194 cm³/mol. The zero-order valence-electron chi connectivity index (χ0n) is 29.7. The van der Waals surface area contributed by atoms with Crippen molar-refractivity contribution in [1.82, 2.24) is 15.8 Å². The molecule has 0 radical (unpaired) electrons. The molecule has 4 rings (SSSR count). The van der Waals surface area contributed by atoms with Crippen LogP contribution in [0.1, 0.15) is 120 Å². The molecule has 2 aromatic carbocycles. The van der Waals surface area contributed by atoms with Crippen molar-refractivity contribution >= 4 is 17.3 Å². The first-order valence-corrected chi connectivity index (χ1v) is 18.1. The van der Waals surface area contributed by atoms with Crippen LogP contribution in [-0.4, -0.2) is 50.3 Å². The van der Waals surface area contributed by atoms with Crippen LogP contribution in [0.4, 0.5) is 11.4 Å². The molecule has 3 aromatic rings. The van der Waals surface area contributed by atoms with Gasteiger partial charge in [-0.15, -0.1) is 0 Å². The van der Waals surface area contributed by atoms with Crippen molar-refractivity contribution in [2.45, 2.75) is 98.4 Å². The second-order valence-corrected chi connectivity index (χ2v) is 12.3. The fraction of sp³-hybridized carbons (Fsp3) is 0.538. The summed E-state index contributed by atoms with van der Waals surface area (Å²) in [5.41, 5.74) is 10.6. The first kappa shape index (κ1) is 36.1. The van der Waals surface area contributed by atoms with Gasteiger partial charge in [-0.3, -0.25) is 15.2 Å². The Kier molecular flexibility index (Phi) is 13.8. The zero-order chi connectivity index (χ0) is 33.6. The molecule has 1 aromatic heterocycles. The molecule has 0 fully saturated rings. The molecule has 2 N–H and O–H groups in total. The Bertz CT molecular complexity index is 1340. The van der Waals surface area contributed by atoms with Gasteiger partial charge in [0.2, 0.25) is 0 Å². The lowest BCUT2D eigenvalue weighted by atomic mass is 9.74. The molecule has 0 atom stereocenters. The van der Waals surface area contributed by atoms with Crippen LogP contribution in [0.3, 0.4) is 0 Å². The van der Waals surface area contributed by atoms with Gasteiger partial charge >= 0.3 is 0 Å². The third-order valence-corrected chi connectivity index (χ3v) is 8.99. The Balaban J connectivity index is 1.97. The highest BCUT2D eigenvalue weighted by Crippen LogP contribution is 2.48. The monoisotopic (exact) mass is 643 g/mol. The van der Waals surface area contributed by atoms with Crippen molar-refractivity contribution in [2.75, 3.05) is 49.2 Å². The molecule has 8 heteroatoms. The lowest BCUT2D eigenvalue weighted by molar-refractivity contribution is 0.0888. The minimum atomic E-state index is -1.03. The number of unbranched alkanes of at least 4 members (excludes halogenated alkanes) is 4. The summed E-state index contributed by atoms with van der Waals surface area (Å²) in [4.78, 5) is 22.8. The lowest BCUT2D eigenvalue weighted by Gasteiger charge is -2.42. The largest absolute Gasteiger partial charge is 0.493 e. The van der Waals surface area contributed by atoms with Gasteiger partial charge in [-0.1, -0.05) is 71.6 Å². The summed E-state index contributed by atoms with van der Waals surface area (Å²) in [6.07, 6.45) is 10.7. The number of amides is 1. The number of pyridine rings is 1. The summed E-state index contributed by atoms with van der Waals surface area (Å²) >= 11 is 0. The van der Waals surface area contributed by atoms with Gasteiger partial charge in [0.25, 0.3) is 5.91 Å². The predicted octanol–water partition coefficient (Wildman–Crippen LogP) is 8.23. The van der Waals surface area contributed by atoms with Gasteiger partial charge < -0.3 is 19.3 Å². The van der Waals surface area contributed by atoms with Crippen molar-refractivity contribution in [3.8, 4) is 11.5 Å². The van der Waals surface area contributed by atoms with E-state index < -0.39 is 5.54 Å². The van der Waals surface area contributed by atoms with Gasteiger partial charge in [-0.05, 0) is 57.7 Å². The number of carbonyl (C=O) groups is 1. The molecule has 1 aliphatic heterocycles. The maximum absolute atomic E-state index is 13.2. The molecular formula is C39H57N5O3. The van der Waals surface area contributed by atoms with E-state index in [1.165, 1.54) is 0 Å². The molecule has 0 spiro atoms. The number of hydrogen-bond acceptors (Lipinski definition) is 7. The smallest absolute Gasteiger partial charge is 0.284 e. The Morgan fingerprint density at radius 3 is 1.55 bits per heavy atom. The standard InChI is InChI=1S/C39H57N5O3/c1-7-13-24-43(25-14-8-2)30-19-21-32(35(28-30)46-11-5)39(34-18-17-23-40-37(34)38(45)41-42-39)33-22-20-31(29-36(33)47-12-6)44(26-15-9-3)27-16-10-4/h17-23,28-29,42H,7-16,24-27H2,1-6H3,(H,41,45). The van der Waals surface area contributed by atoms with Crippen molar-refractivity contribution < 1.29 is 14.3 Å². The normalized spacial score (nSPS) is 13.5.